The van der Waals surface area contributed by atoms with Gasteiger partial charge in [0.25, 0.3) is 0 Å². The van der Waals surface area contributed by atoms with Crippen LogP contribution in [0.4, 0.5) is 0 Å². The zero-order chi connectivity index (χ0) is 20.6. The van der Waals surface area contributed by atoms with E-state index in [0.29, 0.717) is 30.8 Å². The molecule has 1 aliphatic rings. The summed E-state index contributed by atoms with van der Waals surface area (Å²) in [7, 11) is 3.18. The minimum absolute atomic E-state index is 0.0438. The largest absolute Gasteiger partial charge is 0.481 e. The molecule has 0 unspecified atom stereocenters. The first kappa shape index (κ1) is 24.4. The zero-order valence-corrected chi connectivity index (χ0v) is 18.0. The van der Waals surface area contributed by atoms with Gasteiger partial charge in [0.15, 0.2) is 0 Å². The predicted molar refractivity (Wildman–Crippen MR) is 116 cm³/mol. The third-order valence-electron chi connectivity index (χ3n) is 3.44. The Kier molecular flexibility index (Phi) is 13.3. The molecule has 0 atom stereocenters. The molecule has 2 rings (SSSR count). The van der Waals surface area contributed by atoms with E-state index < -0.39 is 5.97 Å². The number of hydrogen-bond donors (Lipinski definition) is 3. The van der Waals surface area contributed by atoms with Crippen LogP contribution >= 0.6 is 33.8 Å². The minimum atomic E-state index is -0.763. The molecule has 7 nitrogen and oxygen atoms in total. The van der Waals surface area contributed by atoms with E-state index in [0.717, 1.165) is 30.0 Å². The predicted octanol–water partition coefficient (Wildman–Crippen LogP) is 3.20. The van der Waals surface area contributed by atoms with Crippen LogP contribution in [0.15, 0.2) is 29.4 Å². The van der Waals surface area contributed by atoms with Gasteiger partial charge in [0.2, 0.25) is 11.8 Å². The summed E-state index contributed by atoms with van der Waals surface area (Å²) < 4.78 is 0. The van der Waals surface area contributed by atoms with Gasteiger partial charge in [0, 0.05) is 44.2 Å². The van der Waals surface area contributed by atoms with Gasteiger partial charge in [0.1, 0.15) is 5.03 Å². The number of unbranched alkanes of at least 4 members (excludes halogenated alkanes) is 2. The molecule has 2 heterocycles. The quantitative estimate of drug-likeness (QED) is 0.272. The molecular formula is C18H25N3O4S3. The lowest BCUT2D eigenvalue weighted by molar-refractivity contribution is -0.137. The van der Waals surface area contributed by atoms with Crippen molar-refractivity contribution < 1.29 is 19.5 Å². The van der Waals surface area contributed by atoms with E-state index in [2.05, 4.69) is 27.8 Å². The van der Waals surface area contributed by atoms with Gasteiger partial charge in [-0.25, -0.2) is 4.98 Å². The van der Waals surface area contributed by atoms with Gasteiger partial charge in [-0.1, -0.05) is 35.5 Å². The second-order valence-electron chi connectivity index (χ2n) is 5.85. The molecule has 1 fully saturated rings. The molecule has 1 aromatic heterocycles. The lowest BCUT2D eigenvalue weighted by Crippen LogP contribution is -2.24. The van der Waals surface area contributed by atoms with Gasteiger partial charge in [-0.2, -0.15) is 0 Å². The maximum Gasteiger partial charge on any atom is 0.303 e. The molecule has 28 heavy (non-hydrogen) atoms. The number of carbonyl (C=O) groups is 3. The van der Waals surface area contributed by atoms with E-state index >= 15 is 0 Å². The van der Waals surface area contributed by atoms with E-state index in [4.69, 9.17) is 5.11 Å². The van der Waals surface area contributed by atoms with Crippen molar-refractivity contribution in [3.8, 4) is 0 Å². The first-order chi connectivity index (χ1) is 13.5. The Morgan fingerprint density at radius 1 is 1.21 bits per heavy atom. The smallest absolute Gasteiger partial charge is 0.303 e. The minimum Gasteiger partial charge on any atom is -0.481 e. The Morgan fingerprint density at radius 2 is 2.04 bits per heavy atom. The number of carboxylic acid groups (broad SMARTS) is 1. The molecule has 1 aliphatic heterocycles. The number of thiocarbonyl (C=S) groups is 1. The Bertz CT molecular complexity index is 630. The van der Waals surface area contributed by atoms with Crippen molar-refractivity contribution in [3.63, 3.8) is 0 Å². The number of carbonyl (C=O) groups excluding carboxylic acids is 2. The van der Waals surface area contributed by atoms with Gasteiger partial charge >= 0.3 is 5.97 Å². The third-order valence-corrected chi connectivity index (χ3v) is 6.01. The number of hydrogen-bond acceptors (Lipinski definition) is 7. The molecule has 0 aliphatic carbocycles. The van der Waals surface area contributed by atoms with E-state index in [9.17, 15) is 14.4 Å². The molecule has 0 bridgehead atoms. The number of amides is 2. The van der Waals surface area contributed by atoms with Crippen LogP contribution in [0.3, 0.4) is 0 Å². The molecule has 2 amide bonds. The lowest BCUT2D eigenvalue weighted by atomic mass is 10.2. The summed E-state index contributed by atoms with van der Waals surface area (Å²) in [6.45, 7) is 0.622. The number of rotatable bonds is 11. The first-order valence-corrected chi connectivity index (χ1v) is 11.7. The normalized spacial score (nSPS) is 12.7. The van der Waals surface area contributed by atoms with Crippen molar-refractivity contribution in [1.82, 2.24) is 15.6 Å². The summed E-state index contributed by atoms with van der Waals surface area (Å²) in [6, 6.07) is 5.75. The molecular weight excluding hydrogens is 418 g/mol. The molecule has 0 saturated carbocycles. The van der Waals surface area contributed by atoms with Crippen molar-refractivity contribution >= 4 is 56.6 Å². The Morgan fingerprint density at radius 3 is 2.61 bits per heavy atom. The highest BCUT2D eigenvalue weighted by molar-refractivity contribution is 8.76. The van der Waals surface area contributed by atoms with Crippen LogP contribution < -0.4 is 10.6 Å². The average Bonchev–Trinajstić information content (AvgIpc) is 3.05. The highest BCUT2D eigenvalue weighted by atomic mass is 33.1. The van der Waals surface area contributed by atoms with Gasteiger partial charge < -0.3 is 15.7 Å². The Hall–Kier alpha value is -1.65. The Balaban J connectivity index is 0.000000467. The molecule has 0 spiro atoms. The SMILES string of the molecule is O=C(O)CCCCCNC(=O)CCSSc1ccccn1.O=C1CCC(=S)N1. The summed E-state index contributed by atoms with van der Waals surface area (Å²) in [5, 5.41) is 14.8. The fourth-order valence-corrected chi connectivity index (χ4v) is 4.12. The molecule has 0 radical (unpaired) electrons. The monoisotopic (exact) mass is 443 g/mol. The molecule has 1 saturated heterocycles. The van der Waals surface area contributed by atoms with Crippen molar-refractivity contribution in [2.24, 2.45) is 0 Å². The average molecular weight is 444 g/mol. The second-order valence-corrected chi connectivity index (χ2v) is 8.78. The summed E-state index contributed by atoms with van der Waals surface area (Å²) in [5.74, 6) is 0.0837. The van der Waals surface area contributed by atoms with Crippen molar-refractivity contribution in [1.29, 1.82) is 0 Å². The number of aliphatic carboxylic acids is 1. The van der Waals surface area contributed by atoms with Gasteiger partial charge in [-0.05, 0) is 35.8 Å². The Labute approximate surface area is 178 Å². The molecule has 3 N–H and O–H groups in total. The molecule has 0 aromatic carbocycles. The lowest BCUT2D eigenvalue weighted by Gasteiger charge is -2.04. The van der Waals surface area contributed by atoms with E-state index in [-0.39, 0.29) is 18.2 Å². The first-order valence-electron chi connectivity index (χ1n) is 8.99. The van der Waals surface area contributed by atoms with Crippen LogP contribution in [0, 0.1) is 0 Å². The molecule has 10 heteroatoms. The van der Waals surface area contributed by atoms with Crippen LogP contribution in [0.25, 0.3) is 0 Å². The number of nitrogens with zero attached hydrogens (tertiary/aromatic N) is 1. The van der Waals surface area contributed by atoms with E-state index in [1.165, 1.54) is 0 Å². The van der Waals surface area contributed by atoms with Crippen LogP contribution in [-0.4, -0.2) is 45.2 Å². The fourth-order valence-electron chi connectivity index (χ4n) is 2.03. The topological polar surface area (TPSA) is 108 Å². The number of pyridine rings is 1. The van der Waals surface area contributed by atoms with Crippen LogP contribution in [-0.2, 0) is 14.4 Å². The van der Waals surface area contributed by atoms with Gasteiger partial charge in [-0.15, -0.1) is 0 Å². The standard InChI is InChI=1S/C14H20N2O3S2.C4H5NOS/c17-12(15-9-4-1-2-7-14(18)19)8-11-20-21-13-6-3-5-10-16-13;6-3-1-2-4(7)5-3/h3,5-6,10H,1-2,4,7-9,11H2,(H,15,17)(H,18,19);1-2H2,(H,5,6,7). The van der Waals surface area contributed by atoms with Crippen molar-refractivity contribution in [2.45, 2.75) is 50.0 Å². The van der Waals surface area contributed by atoms with E-state index in [1.54, 1.807) is 27.8 Å². The maximum atomic E-state index is 11.6. The van der Waals surface area contributed by atoms with Gasteiger partial charge in [-0.3, -0.25) is 14.4 Å². The van der Waals surface area contributed by atoms with Crippen molar-refractivity contribution in [3.05, 3.63) is 24.4 Å². The maximum absolute atomic E-state index is 11.6. The number of aromatic nitrogens is 1. The van der Waals surface area contributed by atoms with Crippen LogP contribution in [0.2, 0.25) is 0 Å². The molecule has 154 valence electrons. The van der Waals surface area contributed by atoms with Crippen LogP contribution in [0.5, 0.6) is 0 Å². The zero-order valence-electron chi connectivity index (χ0n) is 15.5. The highest BCUT2D eigenvalue weighted by Crippen LogP contribution is 2.29. The summed E-state index contributed by atoms with van der Waals surface area (Å²) in [4.78, 5) is 37.0. The summed E-state index contributed by atoms with van der Waals surface area (Å²) in [5.41, 5.74) is 0. The number of carboxylic acids is 1. The number of nitrogens with one attached hydrogen (secondary N) is 2. The van der Waals surface area contributed by atoms with E-state index in [1.807, 2.05) is 18.2 Å². The highest BCUT2D eigenvalue weighted by Gasteiger charge is 2.12. The van der Waals surface area contributed by atoms with Crippen molar-refractivity contribution in [2.75, 3.05) is 12.3 Å². The fraction of sp³-hybridized carbons (Fsp3) is 0.500. The van der Waals surface area contributed by atoms with Gasteiger partial charge in [0.05, 0.1) is 4.99 Å². The van der Waals surface area contributed by atoms with Crippen LogP contribution in [0.1, 0.15) is 44.9 Å². The summed E-state index contributed by atoms with van der Waals surface area (Å²) in [6.07, 6.45) is 6.09. The third kappa shape index (κ3) is 13.5. The molecule has 1 aromatic rings. The summed E-state index contributed by atoms with van der Waals surface area (Å²) >= 11 is 4.66. The second kappa shape index (κ2) is 15.3.